The van der Waals surface area contributed by atoms with Crippen molar-refractivity contribution in [1.29, 1.82) is 0 Å². The highest BCUT2D eigenvalue weighted by molar-refractivity contribution is 6.29. The Bertz CT molecular complexity index is 693. The van der Waals surface area contributed by atoms with Gasteiger partial charge in [0.2, 0.25) is 0 Å². The molecule has 0 radical (unpaired) electrons. The van der Waals surface area contributed by atoms with Gasteiger partial charge in [0, 0.05) is 23.7 Å². The van der Waals surface area contributed by atoms with Crippen LogP contribution in [0.25, 0.3) is 0 Å². The number of rotatable bonds is 2. The van der Waals surface area contributed by atoms with Crippen LogP contribution in [0.2, 0.25) is 0 Å². The van der Waals surface area contributed by atoms with Crippen molar-refractivity contribution in [3.63, 3.8) is 0 Å². The molecular weight excluding hydrogens is 352 g/mol. The molecule has 4 saturated carbocycles. The maximum absolute atomic E-state index is 12.5. The fourth-order valence-electron chi connectivity index (χ4n) is 8.08. The fraction of sp³-hybridized carbons (Fsp3) is 0.905. The minimum absolute atomic E-state index is 0.0625. The summed E-state index contributed by atoms with van der Waals surface area (Å²) in [5, 5.41) is 11.3. The summed E-state index contributed by atoms with van der Waals surface area (Å²) in [6.07, 6.45) is 6.68. The number of carbonyl (C=O) groups excluding carboxylic acids is 2. The Hall–Kier alpha value is -0.450. The second kappa shape index (κ2) is 5.12. The molecule has 0 amide bonds. The van der Waals surface area contributed by atoms with Gasteiger partial charge in [-0.2, -0.15) is 0 Å². The fourth-order valence-corrected chi connectivity index (χ4v) is 8.30. The van der Waals surface area contributed by atoms with Gasteiger partial charge in [0.1, 0.15) is 17.0 Å². The monoisotopic (exact) mass is 380 g/mol. The van der Waals surface area contributed by atoms with Crippen molar-refractivity contribution in [3.8, 4) is 0 Å². The Morgan fingerprint density at radius 1 is 1.19 bits per heavy atom. The minimum atomic E-state index is -1.31. The summed E-state index contributed by atoms with van der Waals surface area (Å²) < 4.78 is 6.52. The van der Waals surface area contributed by atoms with E-state index in [4.69, 9.17) is 16.3 Å². The first-order valence-corrected chi connectivity index (χ1v) is 10.8. The van der Waals surface area contributed by atoms with Gasteiger partial charge < -0.3 is 9.84 Å². The molecule has 5 fully saturated rings. The summed E-state index contributed by atoms with van der Waals surface area (Å²) in [5.74, 6) is 1.18. The van der Waals surface area contributed by atoms with Crippen LogP contribution >= 0.6 is 11.6 Å². The van der Waals surface area contributed by atoms with Crippen LogP contribution in [0.3, 0.4) is 0 Å². The van der Waals surface area contributed by atoms with Gasteiger partial charge in [-0.3, -0.25) is 9.59 Å². The molecule has 4 nitrogen and oxygen atoms in total. The number of hydrogen-bond donors (Lipinski definition) is 1. The number of aliphatic hydroxyl groups is 1. The molecule has 1 N–H and O–H groups in total. The van der Waals surface area contributed by atoms with E-state index in [-0.39, 0.29) is 28.8 Å². The molecule has 26 heavy (non-hydrogen) atoms. The Labute approximate surface area is 160 Å². The van der Waals surface area contributed by atoms with Crippen LogP contribution in [0.1, 0.15) is 65.2 Å². The van der Waals surface area contributed by atoms with Gasteiger partial charge >= 0.3 is 0 Å². The lowest BCUT2D eigenvalue weighted by Gasteiger charge is -2.58. The van der Waals surface area contributed by atoms with Crippen molar-refractivity contribution in [2.45, 2.75) is 82.5 Å². The second-order valence-electron chi connectivity index (χ2n) is 10.1. The van der Waals surface area contributed by atoms with Crippen LogP contribution in [0.5, 0.6) is 0 Å². The highest BCUT2D eigenvalue weighted by atomic mass is 35.5. The molecule has 5 heteroatoms. The number of epoxide rings is 1. The summed E-state index contributed by atoms with van der Waals surface area (Å²) in [6, 6.07) is 0. The van der Waals surface area contributed by atoms with Gasteiger partial charge in [-0.05, 0) is 56.3 Å². The second-order valence-corrected chi connectivity index (χ2v) is 10.4. The number of Topliss-reactive ketones (excluding diaryl/α,β-unsaturated/α-hetero) is 2. The van der Waals surface area contributed by atoms with Gasteiger partial charge in [-0.15, -0.1) is 11.6 Å². The molecule has 1 spiro atoms. The molecule has 0 aromatic carbocycles. The predicted molar refractivity (Wildman–Crippen MR) is 96.9 cm³/mol. The minimum Gasteiger partial charge on any atom is -0.381 e. The zero-order valence-corrected chi connectivity index (χ0v) is 16.5. The highest BCUT2D eigenvalue weighted by Crippen LogP contribution is 2.76. The molecule has 0 bridgehead atoms. The lowest BCUT2D eigenvalue weighted by atomic mass is 9.44. The van der Waals surface area contributed by atoms with E-state index in [1.807, 2.05) is 0 Å². The Kier molecular flexibility index (Phi) is 3.48. The third kappa shape index (κ3) is 1.76. The van der Waals surface area contributed by atoms with Gasteiger partial charge in [0.05, 0.1) is 12.0 Å². The van der Waals surface area contributed by atoms with Crippen LogP contribution in [-0.2, 0) is 14.3 Å². The molecule has 1 heterocycles. The molecule has 4 aliphatic carbocycles. The van der Waals surface area contributed by atoms with E-state index >= 15 is 0 Å². The van der Waals surface area contributed by atoms with Crippen molar-refractivity contribution in [2.24, 2.45) is 28.6 Å². The molecule has 1 aliphatic heterocycles. The normalized spacial score (nSPS) is 57.6. The molecule has 5 rings (SSSR count). The van der Waals surface area contributed by atoms with E-state index in [0.717, 1.165) is 32.1 Å². The molecule has 144 valence electrons. The van der Waals surface area contributed by atoms with Crippen molar-refractivity contribution in [2.75, 3.05) is 5.88 Å². The number of carbonyl (C=O) groups is 2. The van der Waals surface area contributed by atoms with E-state index in [9.17, 15) is 14.7 Å². The first-order valence-electron chi connectivity index (χ1n) is 10.2. The van der Waals surface area contributed by atoms with Gasteiger partial charge in [0.25, 0.3) is 0 Å². The quantitative estimate of drug-likeness (QED) is 0.589. The van der Waals surface area contributed by atoms with E-state index in [1.54, 1.807) is 0 Å². The summed E-state index contributed by atoms with van der Waals surface area (Å²) in [5.41, 5.74) is -1.82. The SMILES string of the molecule is C[C@]12CCC(=O)C[C@H]1CC[C@H]1[C@@H]3CC[C@](O)(C(=O)CCl)[C@@]3(C)CC3OC312. The summed E-state index contributed by atoms with van der Waals surface area (Å²) in [7, 11) is 0. The number of ether oxygens (including phenoxy) is 1. The first-order chi connectivity index (χ1) is 12.2. The maximum atomic E-state index is 12.5. The molecule has 2 unspecified atom stereocenters. The molecular formula is C21H29ClO4. The molecule has 1 saturated heterocycles. The molecule has 0 aromatic rings. The van der Waals surface area contributed by atoms with Crippen LogP contribution in [0.15, 0.2) is 0 Å². The Morgan fingerprint density at radius 3 is 2.69 bits per heavy atom. The number of halogens is 1. The average molecular weight is 381 g/mol. The highest BCUT2D eigenvalue weighted by Gasteiger charge is 2.81. The molecule has 5 aliphatic rings. The van der Waals surface area contributed by atoms with Gasteiger partial charge in [-0.25, -0.2) is 0 Å². The smallest absolute Gasteiger partial charge is 0.179 e. The van der Waals surface area contributed by atoms with Crippen molar-refractivity contribution >= 4 is 23.2 Å². The third-order valence-electron chi connectivity index (χ3n) is 9.58. The topological polar surface area (TPSA) is 66.9 Å². The van der Waals surface area contributed by atoms with E-state index in [0.29, 0.717) is 42.8 Å². The molecule has 8 atom stereocenters. The van der Waals surface area contributed by atoms with Crippen LogP contribution in [-0.4, -0.2) is 39.9 Å². The predicted octanol–water partition coefficient (Wildman–Crippen LogP) is 3.27. The van der Waals surface area contributed by atoms with Crippen molar-refractivity contribution in [1.82, 2.24) is 0 Å². The number of hydrogen-bond acceptors (Lipinski definition) is 4. The van der Waals surface area contributed by atoms with Crippen LogP contribution in [0.4, 0.5) is 0 Å². The van der Waals surface area contributed by atoms with E-state index in [1.165, 1.54) is 0 Å². The largest absolute Gasteiger partial charge is 0.381 e. The van der Waals surface area contributed by atoms with Gasteiger partial charge in [-0.1, -0.05) is 13.8 Å². The van der Waals surface area contributed by atoms with Crippen molar-refractivity contribution in [3.05, 3.63) is 0 Å². The van der Waals surface area contributed by atoms with E-state index in [2.05, 4.69) is 13.8 Å². The maximum Gasteiger partial charge on any atom is 0.179 e. The lowest BCUT2D eigenvalue weighted by Crippen LogP contribution is -2.63. The summed E-state index contributed by atoms with van der Waals surface area (Å²) in [6.45, 7) is 4.45. The molecule has 0 aromatic heterocycles. The average Bonchev–Trinajstić information content (AvgIpc) is 3.27. The van der Waals surface area contributed by atoms with Crippen LogP contribution < -0.4 is 0 Å². The van der Waals surface area contributed by atoms with Crippen LogP contribution in [0, 0.1) is 28.6 Å². The first kappa shape index (κ1) is 17.6. The van der Waals surface area contributed by atoms with E-state index < -0.39 is 11.0 Å². The number of alkyl halides is 1. The standard InChI is InChI=1S/C21H29ClO4/c1-18-7-5-13(23)9-12(18)3-4-15-14-6-8-20(25,16(24)11-22)19(14,2)10-17-21(15,18)26-17/h12,14-15,17,25H,3-11H2,1-2H3/t12-,14+,15+,17?,18+,19+,20+,21?/m1/s1. The zero-order valence-electron chi connectivity index (χ0n) is 15.7. The summed E-state index contributed by atoms with van der Waals surface area (Å²) in [4.78, 5) is 24.6. The summed E-state index contributed by atoms with van der Waals surface area (Å²) >= 11 is 5.85. The third-order valence-corrected chi connectivity index (χ3v) is 9.83. The Balaban J connectivity index is 1.53. The zero-order chi connectivity index (χ0) is 18.5. The number of ketones is 2. The van der Waals surface area contributed by atoms with Crippen molar-refractivity contribution < 1.29 is 19.4 Å². The Morgan fingerprint density at radius 2 is 1.96 bits per heavy atom. The number of fused-ring (bicyclic) bond motifs is 3. The lowest BCUT2D eigenvalue weighted by molar-refractivity contribution is -0.161. The van der Waals surface area contributed by atoms with Gasteiger partial charge in [0.15, 0.2) is 5.78 Å².